The van der Waals surface area contributed by atoms with Gasteiger partial charge in [-0.2, -0.15) is 0 Å². The summed E-state index contributed by atoms with van der Waals surface area (Å²) in [6, 6.07) is 0. The van der Waals surface area contributed by atoms with Crippen LogP contribution >= 0.6 is 0 Å². The third-order valence-corrected chi connectivity index (χ3v) is 3.67. The van der Waals surface area contributed by atoms with Crippen molar-refractivity contribution < 1.29 is 4.74 Å². The third-order valence-electron chi connectivity index (χ3n) is 3.67. The molecule has 0 aliphatic carbocycles. The monoisotopic (exact) mass is 261 g/mol. The molecule has 2 aromatic heterocycles. The third kappa shape index (κ3) is 2.35. The largest absolute Gasteiger partial charge is 0.382 e. The van der Waals surface area contributed by atoms with E-state index in [0.717, 1.165) is 37.5 Å². The van der Waals surface area contributed by atoms with Crippen molar-refractivity contribution in [3.05, 3.63) is 18.6 Å². The molecule has 3 heterocycles. The van der Waals surface area contributed by atoms with Gasteiger partial charge in [0.2, 0.25) is 0 Å². The molecule has 3 rings (SSSR count). The molecule has 0 bridgehead atoms. The Bertz CT molecular complexity index is 567. The highest BCUT2D eigenvalue weighted by Gasteiger charge is 2.26. The van der Waals surface area contributed by atoms with Crippen LogP contribution in [0.5, 0.6) is 0 Å². The Morgan fingerprint density at radius 1 is 1.58 bits per heavy atom. The first kappa shape index (κ1) is 12.2. The Kier molecular flexibility index (Phi) is 3.25. The van der Waals surface area contributed by atoms with Gasteiger partial charge in [0.25, 0.3) is 0 Å². The van der Waals surface area contributed by atoms with Gasteiger partial charge in [0.05, 0.1) is 12.3 Å². The number of hydrogen-bond donors (Lipinski definition) is 2. The van der Waals surface area contributed by atoms with Gasteiger partial charge in [-0.15, -0.1) is 0 Å². The predicted molar refractivity (Wildman–Crippen MR) is 74.0 cm³/mol. The second-order valence-corrected chi connectivity index (χ2v) is 4.92. The van der Waals surface area contributed by atoms with Gasteiger partial charge in [0.1, 0.15) is 5.82 Å². The van der Waals surface area contributed by atoms with Crippen molar-refractivity contribution in [3.63, 3.8) is 0 Å². The maximum atomic E-state index is 5.80. The normalized spacial score (nSPS) is 23.0. The summed E-state index contributed by atoms with van der Waals surface area (Å²) >= 11 is 0. The zero-order valence-electron chi connectivity index (χ0n) is 11.0. The van der Waals surface area contributed by atoms with E-state index in [2.05, 4.69) is 22.2 Å². The van der Waals surface area contributed by atoms with Crippen LogP contribution in [0.2, 0.25) is 0 Å². The summed E-state index contributed by atoms with van der Waals surface area (Å²) in [6.07, 6.45) is 7.88. The highest BCUT2D eigenvalue weighted by Crippen LogP contribution is 2.24. The average Bonchev–Trinajstić information content (AvgIpc) is 3.03. The number of ether oxygens (including phenoxy) is 1. The molecule has 1 aliphatic heterocycles. The molecule has 3 N–H and O–H groups in total. The molecular formula is C13H19N5O. The lowest BCUT2D eigenvalue weighted by Gasteiger charge is -2.17. The molecule has 0 amide bonds. The van der Waals surface area contributed by atoms with Crippen molar-refractivity contribution in [2.24, 2.45) is 5.92 Å². The molecule has 102 valence electrons. The molecule has 1 fully saturated rings. The molecular weight excluding hydrogens is 242 g/mol. The molecule has 1 aliphatic rings. The van der Waals surface area contributed by atoms with Crippen LogP contribution in [-0.4, -0.2) is 33.6 Å². The summed E-state index contributed by atoms with van der Waals surface area (Å²) in [6.45, 7) is 3.86. The maximum absolute atomic E-state index is 5.80. The quantitative estimate of drug-likeness (QED) is 0.873. The van der Waals surface area contributed by atoms with Crippen molar-refractivity contribution in [2.75, 3.05) is 24.2 Å². The SMILES string of the molecule is CCC1OCCC1CNc1nc(N)cn2ccnc12. The number of anilines is 2. The maximum Gasteiger partial charge on any atom is 0.180 e. The van der Waals surface area contributed by atoms with E-state index in [-0.39, 0.29) is 0 Å². The minimum absolute atomic E-state index is 0.351. The van der Waals surface area contributed by atoms with Gasteiger partial charge >= 0.3 is 0 Å². The van der Waals surface area contributed by atoms with Crippen LogP contribution in [0.4, 0.5) is 11.6 Å². The molecule has 19 heavy (non-hydrogen) atoms. The molecule has 6 heteroatoms. The van der Waals surface area contributed by atoms with Gasteiger partial charge in [-0.1, -0.05) is 6.92 Å². The first-order chi connectivity index (χ1) is 9.28. The number of nitrogens with two attached hydrogens (primary N) is 1. The lowest BCUT2D eigenvalue weighted by Crippen LogP contribution is -2.23. The Balaban J connectivity index is 1.76. The smallest absolute Gasteiger partial charge is 0.180 e. The average molecular weight is 261 g/mol. The van der Waals surface area contributed by atoms with E-state index in [9.17, 15) is 0 Å². The van der Waals surface area contributed by atoms with E-state index in [1.165, 1.54) is 0 Å². The fraction of sp³-hybridized carbons (Fsp3) is 0.538. The summed E-state index contributed by atoms with van der Waals surface area (Å²) in [7, 11) is 0. The highest BCUT2D eigenvalue weighted by atomic mass is 16.5. The van der Waals surface area contributed by atoms with Crippen molar-refractivity contribution in [1.82, 2.24) is 14.4 Å². The lowest BCUT2D eigenvalue weighted by molar-refractivity contribution is 0.0900. The van der Waals surface area contributed by atoms with E-state index in [1.54, 1.807) is 12.4 Å². The molecule has 2 aromatic rings. The first-order valence-electron chi connectivity index (χ1n) is 6.72. The zero-order chi connectivity index (χ0) is 13.2. The van der Waals surface area contributed by atoms with Crippen LogP contribution in [0.15, 0.2) is 18.6 Å². The van der Waals surface area contributed by atoms with Gasteiger partial charge in [-0.3, -0.25) is 0 Å². The van der Waals surface area contributed by atoms with E-state index in [1.807, 2.05) is 10.6 Å². The summed E-state index contributed by atoms with van der Waals surface area (Å²) in [5.74, 6) is 1.76. The van der Waals surface area contributed by atoms with Crippen molar-refractivity contribution in [2.45, 2.75) is 25.9 Å². The minimum atomic E-state index is 0.351. The number of imidazole rings is 1. The summed E-state index contributed by atoms with van der Waals surface area (Å²) in [5, 5.41) is 3.37. The van der Waals surface area contributed by atoms with E-state index in [0.29, 0.717) is 17.8 Å². The summed E-state index contributed by atoms with van der Waals surface area (Å²) < 4.78 is 7.58. The standard InChI is InChI=1S/C13H19N5O/c1-2-10-9(3-6-19-10)7-16-12-13-15-4-5-18(13)8-11(14)17-12/h4-5,8-10H,2-3,6-7,14H2,1H3,(H,16,17). The molecule has 6 nitrogen and oxygen atoms in total. The van der Waals surface area contributed by atoms with Crippen molar-refractivity contribution in [1.29, 1.82) is 0 Å². The second kappa shape index (κ2) is 5.05. The number of rotatable bonds is 4. The number of nitrogen functional groups attached to an aromatic ring is 1. The first-order valence-corrected chi connectivity index (χ1v) is 6.72. The molecule has 0 radical (unpaired) electrons. The Morgan fingerprint density at radius 3 is 3.32 bits per heavy atom. The van der Waals surface area contributed by atoms with Crippen molar-refractivity contribution >= 4 is 17.3 Å². The van der Waals surface area contributed by atoms with Crippen LogP contribution in [0.25, 0.3) is 5.65 Å². The molecule has 1 saturated heterocycles. The van der Waals surface area contributed by atoms with Crippen LogP contribution in [0.1, 0.15) is 19.8 Å². The van der Waals surface area contributed by atoms with Crippen LogP contribution in [0, 0.1) is 5.92 Å². The van der Waals surface area contributed by atoms with Crippen LogP contribution < -0.4 is 11.1 Å². The second-order valence-electron chi connectivity index (χ2n) is 4.92. The molecule has 2 unspecified atom stereocenters. The van der Waals surface area contributed by atoms with E-state index >= 15 is 0 Å². The number of fused-ring (bicyclic) bond motifs is 1. The number of nitrogens with zero attached hydrogens (tertiary/aromatic N) is 3. The fourth-order valence-electron chi connectivity index (χ4n) is 2.67. The van der Waals surface area contributed by atoms with Gasteiger partial charge < -0.3 is 20.2 Å². The fourth-order valence-corrected chi connectivity index (χ4v) is 2.67. The van der Waals surface area contributed by atoms with Gasteiger partial charge in [0.15, 0.2) is 11.5 Å². The topological polar surface area (TPSA) is 77.5 Å². The van der Waals surface area contributed by atoms with Gasteiger partial charge in [-0.05, 0) is 12.8 Å². The Labute approximate surface area is 112 Å². The Hall–Kier alpha value is -1.82. The summed E-state index contributed by atoms with van der Waals surface area (Å²) in [4.78, 5) is 8.62. The zero-order valence-corrected chi connectivity index (χ0v) is 11.0. The Morgan fingerprint density at radius 2 is 2.47 bits per heavy atom. The predicted octanol–water partition coefficient (Wildman–Crippen LogP) is 1.54. The summed E-state index contributed by atoms with van der Waals surface area (Å²) in [5.41, 5.74) is 6.60. The number of nitrogens with one attached hydrogen (secondary N) is 1. The van der Waals surface area contributed by atoms with Crippen LogP contribution in [-0.2, 0) is 4.74 Å². The molecule has 2 atom stereocenters. The lowest BCUT2D eigenvalue weighted by atomic mass is 10.00. The van der Waals surface area contributed by atoms with Gasteiger partial charge in [-0.25, -0.2) is 9.97 Å². The minimum Gasteiger partial charge on any atom is -0.382 e. The van der Waals surface area contributed by atoms with E-state index in [4.69, 9.17) is 10.5 Å². The van der Waals surface area contributed by atoms with E-state index < -0.39 is 0 Å². The molecule has 0 aromatic carbocycles. The van der Waals surface area contributed by atoms with Crippen molar-refractivity contribution in [3.8, 4) is 0 Å². The molecule has 0 spiro atoms. The number of hydrogen-bond acceptors (Lipinski definition) is 5. The highest BCUT2D eigenvalue weighted by molar-refractivity contribution is 5.64. The molecule has 0 saturated carbocycles. The van der Waals surface area contributed by atoms with Gasteiger partial charge in [0, 0.05) is 31.5 Å². The van der Waals surface area contributed by atoms with Crippen LogP contribution in [0.3, 0.4) is 0 Å². The number of aromatic nitrogens is 3.